The Bertz CT molecular complexity index is 417. The van der Waals surface area contributed by atoms with Gasteiger partial charge >= 0.3 is 8.80 Å². The second kappa shape index (κ2) is 24.4. The maximum atomic E-state index is 5.97. The van der Waals surface area contributed by atoms with Crippen LogP contribution in [0.3, 0.4) is 0 Å². The van der Waals surface area contributed by atoms with E-state index in [9.17, 15) is 0 Å². The highest BCUT2D eigenvalue weighted by molar-refractivity contribution is 6.60. The standard InChI is InChI=1S/C30H66NO3Si/c1-7-11-12-13-14-15-16-17-18-19-22-25-28-31(5,6)29-26-23-20-21-24-27-30-35(32-8-2,33-9-3)34-10-4/h7-30H2,1-6H3/q+1. The fourth-order valence-electron chi connectivity index (χ4n) is 5.08. The van der Waals surface area contributed by atoms with Crippen LogP contribution in [-0.4, -0.2) is 60.3 Å². The molecule has 0 fully saturated rings. The second-order valence-electron chi connectivity index (χ2n) is 11.1. The first-order valence-electron chi connectivity index (χ1n) is 15.7. The molecule has 0 amide bonds. The van der Waals surface area contributed by atoms with Crippen LogP contribution in [0.4, 0.5) is 0 Å². The monoisotopic (exact) mass is 516 g/mol. The van der Waals surface area contributed by atoms with E-state index in [-0.39, 0.29) is 0 Å². The molecule has 0 aliphatic rings. The Hall–Kier alpha value is 0.0569. The molecule has 0 atom stereocenters. The minimum atomic E-state index is -2.43. The van der Waals surface area contributed by atoms with E-state index < -0.39 is 8.80 Å². The third kappa shape index (κ3) is 21.8. The number of hydrogen-bond acceptors (Lipinski definition) is 3. The summed E-state index contributed by atoms with van der Waals surface area (Å²) in [5.74, 6) is 0. The Balaban J connectivity index is 3.65. The van der Waals surface area contributed by atoms with Gasteiger partial charge in [-0.1, -0.05) is 90.4 Å². The van der Waals surface area contributed by atoms with E-state index in [4.69, 9.17) is 13.3 Å². The number of hydrogen-bond donors (Lipinski definition) is 0. The van der Waals surface area contributed by atoms with E-state index in [1.54, 1.807) is 0 Å². The maximum Gasteiger partial charge on any atom is 0.500 e. The molecule has 0 heterocycles. The Labute approximate surface area is 222 Å². The SMILES string of the molecule is CCCCCCCCCCCCCC[N+](C)(C)CCCCCCCC[Si](OCC)(OCC)OCC. The molecule has 4 nitrogen and oxygen atoms in total. The molecular weight excluding hydrogens is 450 g/mol. The molecule has 212 valence electrons. The number of nitrogens with zero attached hydrogens (tertiary/aromatic N) is 1. The van der Waals surface area contributed by atoms with Gasteiger partial charge in [0, 0.05) is 25.9 Å². The van der Waals surface area contributed by atoms with Crippen LogP contribution in [0.2, 0.25) is 6.04 Å². The molecule has 35 heavy (non-hydrogen) atoms. The van der Waals surface area contributed by atoms with E-state index in [1.807, 2.05) is 20.8 Å². The van der Waals surface area contributed by atoms with Crippen molar-refractivity contribution in [2.24, 2.45) is 0 Å². The first-order chi connectivity index (χ1) is 16.9. The third-order valence-corrected chi connectivity index (χ3v) is 10.4. The number of quaternary nitrogens is 1. The highest BCUT2D eigenvalue weighted by Gasteiger charge is 2.39. The molecule has 0 radical (unpaired) electrons. The summed E-state index contributed by atoms with van der Waals surface area (Å²) in [5.41, 5.74) is 0. The zero-order valence-electron chi connectivity index (χ0n) is 25.1. The van der Waals surface area contributed by atoms with Crippen LogP contribution >= 0.6 is 0 Å². The van der Waals surface area contributed by atoms with Crippen molar-refractivity contribution in [3.8, 4) is 0 Å². The Morgan fingerprint density at radius 1 is 0.429 bits per heavy atom. The minimum Gasteiger partial charge on any atom is -0.374 e. The van der Waals surface area contributed by atoms with Crippen molar-refractivity contribution in [2.45, 2.75) is 149 Å². The maximum absolute atomic E-state index is 5.97. The fourth-order valence-corrected chi connectivity index (χ4v) is 7.77. The first kappa shape index (κ1) is 35.1. The van der Waals surface area contributed by atoms with E-state index in [0.29, 0.717) is 19.8 Å². The average molecular weight is 517 g/mol. The van der Waals surface area contributed by atoms with Gasteiger partial charge in [-0.15, -0.1) is 0 Å². The molecule has 0 aliphatic heterocycles. The number of rotatable bonds is 28. The summed E-state index contributed by atoms with van der Waals surface area (Å²) in [6.45, 7) is 13.1. The minimum absolute atomic E-state index is 0.680. The van der Waals surface area contributed by atoms with Gasteiger partial charge < -0.3 is 17.8 Å². The van der Waals surface area contributed by atoms with Crippen molar-refractivity contribution in [3.63, 3.8) is 0 Å². The lowest BCUT2D eigenvalue weighted by Gasteiger charge is -2.30. The topological polar surface area (TPSA) is 27.7 Å². The highest BCUT2D eigenvalue weighted by atomic mass is 28.4. The van der Waals surface area contributed by atoms with Gasteiger partial charge in [-0.3, -0.25) is 0 Å². The highest BCUT2D eigenvalue weighted by Crippen LogP contribution is 2.21. The molecule has 5 heteroatoms. The van der Waals surface area contributed by atoms with Crippen LogP contribution in [0.15, 0.2) is 0 Å². The Kier molecular flexibility index (Phi) is 24.4. The van der Waals surface area contributed by atoms with Gasteiger partial charge in [-0.25, -0.2) is 0 Å². The smallest absolute Gasteiger partial charge is 0.374 e. The van der Waals surface area contributed by atoms with Gasteiger partial charge in [0.25, 0.3) is 0 Å². The van der Waals surface area contributed by atoms with Crippen molar-refractivity contribution < 1.29 is 17.8 Å². The normalized spacial score (nSPS) is 12.5. The van der Waals surface area contributed by atoms with Crippen molar-refractivity contribution >= 4 is 8.80 Å². The van der Waals surface area contributed by atoms with Gasteiger partial charge in [0.2, 0.25) is 0 Å². The molecular formula is C30H66NO3Si+. The van der Waals surface area contributed by atoms with Crippen LogP contribution in [0.25, 0.3) is 0 Å². The summed E-state index contributed by atoms with van der Waals surface area (Å²) < 4.78 is 19.1. The van der Waals surface area contributed by atoms with Crippen molar-refractivity contribution in [1.29, 1.82) is 0 Å². The summed E-state index contributed by atoms with van der Waals surface area (Å²) >= 11 is 0. The lowest BCUT2D eigenvalue weighted by molar-refractivity contribution is -0.890. The summed E-state index contributed by atoms with van der Waals surface area (Å²) in [4.78, 5) is 0. The van der Waals surface area contributed by atoms with E-state index >= 15 is 0 Å². The molecule has 0 aromatic rings. The lowest BCUT2D eigenvalue weighted by atomic mass is 10.1. The zero-order valence-corrected chi connectivity index (χ0v) is 26.1. The third-order valence-electron chi connectivity index (χ3n) is 7.21. The van der Waals surface area contributed by atoms with Gasteiger partial charge in [-0.2, -0.15) is 0 Å². The predicted molar refractivity (Wildman–Crippen MR) is 156 cm³/mol. The Morgan fingerprint density at radius 2 is 0.743 bits per heavy atom. The summed E-state index contributed by atoms with van der Waals surface area (Å²) in [6, 6.07) is 0.964. The molecule has 0 spiro atoms. The van der Waals surface area contributed by atoms with Crippen molar-refractivity contribution in [1.82, 2.24) is 0 Å². The van der Waals surface area contributed by atoms with Crippen molar-refractivity contribution in [2.75, 3.05) is 47.0 Å². The molecule has 0 aromatic heterocycles. The van der Waals surface area contributed by atoms with Crippen LogP contribution in [-0.2, 0) is 13.3 Å². The van der Waals surface area contributed by atoms with Crippen LogP contribution in [0, 0.1) is 0 Å². The van der Waals surface area contributed by atoms with Crippen LogP contribution in [0.1, 0.15) is 143 Å². The van der Waals surface area contributed by atoms with Crippen molar-refractivity contribution in [3.05, 3.63) is 0 Å². The fraction of sp³-hybridized carbons (Fsp3) is 1.00. The Morgan fingerprint density at radius 3 is 1.09 bits per heavy atom. The van der Waals surface area contributed by atoms with E-state index in [1.165, 1.54) is 127 Å². The van der Waals surface area contributed by atoms with Gasteiger partial charge in [0.15, 0.2) is 0 Å². The summed E-state index contributed by atoms with van der Waals surface area (Å²) in [5, 5.41) is 0. The lowest BCUT2D eigenvalue weighted by Crippen LogP contribution is -2.45. The molecule has 0 N–H and O–H groups in total. The number of unbranched alkanes of at least 4 members (excludes halogenated alkanes) is 16. The van der Waals surface area contributed by atoms with Crippen LogP contribution in [0.5, 0.6) is 0 Å². The van der Waals surface area contributed by atoms with Gasteiger partial charge in [0.1, 0.15) is 0 Å². The summed E-state index contributed by atoms with van der Waals surface area (Å²) in [7, 11) is 2.42. The largest absolute Gasteiger partial charge is 0.500 e. The quantitative estimate of drug-likeness (QED) is 0.0589. The van der Waals surface area contributed by atoms with Gasteiger partial charge in [-0.05, 0) is 52.9 Å². The first-order valence-corrected chi connectivity index (χ1v) is 17.6. The molecule has 0 saturated carbocycles. The molecule has 0 saturated heterocycles. The van der Waals surface area contributed by atoms with E-state index in [2.05, 4.69) is 21.0 Å². The molecule has 0 bridgehead atoms. The average Bonchev–Trinajstić information content (AvgIpc) is 2.82. The predicted octanol–water partition coefficient (Wildman–Crippen LogP) is 9.15. The van der Waals surface area contributed by atoms with Crippen LogP contribution < -0.4 is 0 Å². The molecule has 0 rings (SSSR count). The molecule has 0 aliphatic carbocycles. The summed E-state index contributed by atoms with van der Waals surface area (Å²) in [6.07, 6.45) is 25.1. The van der Waals surface area contributed by atoms with E-state index in [0.717, 1.165) is 12.5 Å². The molecule has 0 unspecified atom stereocenters. The second-order valence-corrected chi connectivity index (χ2v) is 13.9. The molecule has 0 aromatic carbocycles. The van der Waals surface area contributed by atoms with Gasteiger partial charge in [0.05, 0.1) is 27.2 Å². The zero-order chi connectivity index (χ0) is 26.1.